The Morgan fingerprint density at radius 2 is 1.74 bits per heavy atom. The molecular weight excluding hydrogens is 381 g/mol. The van der Waals surface area contributed by atoms with Gasteiger partial charge in [0.05, 0.1) is 15.4 Å². The minimum atomic E-state index is -4.96. The third kappa shape index (κ3) is 3.83. The molecule has 0 unspecified atom stereocenters. The van der Waals surface area contributed by atoms with Crippen LogP contribution in [0.15, 0.2) is 21.4 Å². The maximum absolute atomic E-state index is 12.8. The van der Waals surface area contributed by atoms with Crippen molar-refractivity contribution in [3.63, 3.8) is 0 Å². The summed E-state index contributed by atoms with van der Waals surface area (Å²) in [4.78, 5) is 19.3. The second-order valence-electron chi connectivity index (χ2n) is 3.84. The molecule has 0 fully saturated rings. The van der Waals surface area contributed by atoms with Gasteiger partial charge < -0.3 is 0 Å². The minimum absolute atomic E-state index is 0.0981. The van der Waals surface area contributed by atoms with Gasteiger partial charge in [0.25, 0.3) is 11.4 Å². The molecule has 2 aromatic rings. The van der Waals surface area contributed by atoms with Crippen molar-refractivity contribution in [2.75, 3.05) is 0 Å². The van der Waals surface area contributed by atoms with Crippen molar-refractivity contribution < 1.29 is 23.0 Å². The van der Waals surface area contributed by atoms with Crippen molar-refractivity contribution in [3.05, 3.63) is 41.9 Å². The second kappa shape index (κ2) is 6.21. The van der Waals surface area contributed by atoms with Crippen molar-refractivity contribution in [3.8, 4) is 0 Å². The Hall–Kier alpha value is -2.06. The van der Waals surface area contributed by atoms with Gasteiger partial charge in [-0.25, -0.2) is 0 Å². The van der Waals surface area contributed by atoms with Crippen molar-refractivity contribution in [1.29, 1.82) is 0 Å². The van der Waals surface area contributed by atoms with E-state index in [2.05, 4.69) is 10.2 Å². The summed E-state index contributed by atoms with van der Waals surface area (Å²) >= 11 is 6.13. The van der Waals surface area contributed by atoms with Gasteiger partial charge in [0.2, 0.25) is 0 Å². The molecule has 0 saturated heterocycles. The van der Waals surface area contributed by atoms with Crippen LogP contribution in [0.1, 0.15) is 5.56 Å². The number of rotatable bonds is 4. The molecule has 122 valence electrons. The average molecular weight is 384 g/mol. The molecule has 2 rings (SSSR count). The monoisotopic (exact) mass is 384 g/mol. The first-order valence-corrected chi connectivity index (χ1v) is 7.41. The molecule has 0 amide bonds. The second-order valence-corrected chi connectivity index (χ2v) is 6.76. The fraction of sp³-hybridized carbons (Fsp3) is 0.111. The van der Waals surface area contributed by atoms with Gasteiger partial charge in [-0.3, -0.25) is 25.3 Å². The maximum Gasteiger partial charge on any atom is 0.416 e. The third-order valence-electron chi connectivity index (χ3n) is 2.38. The minimum Gasteiger partial charge on any atom is -0.258 e. The highest BCUT2D eigenvalue weighted by Crippen LogP contribution is 2.45. The first kappa shape index (κ1) is 17.3. The predicted octanol–water partition coefficient (Wildman–Crippen LogP) is 4.19. The molecule has 1 heterocycles. The van der Waals surface area contributed by atoms with Crippen molar-refractivity contribution in [2.45, 2.75) is 15.4 Å². The van der Waals surface area contributed by atoms with E-state index >= 15 is 0 Å². The number of hydrogen-bond donors (Lipinski definition) is 1. The highest BCUT2D eigenvalue weighted by molar-refractivity contribution is 8.01. The number of aromatic nitrogens is 2. The van der Waals surface area contributed by atoms with E-state index < -0.39 is 37.9 Å². The van der Waals surface area contributed by atoms with Gasteiger partial charge in [0, 0.05) is 12.1 Å². The van der Waals surface area contributed by atoms with Crippen LogP contribution in [0.2, 0.25) is 0 Å². The smallest absolute Gasteiger partial charge is 0.258 e. The van der Waals surface area contributed by atoms with Crippen LogP contribution in [0, 0.1) is 24.2 Å². The summed E-state index contributed by atoms with van der Waals surface area (Å²) in [5, 5.41) is 28.1. The lowest BCUT2D eigenvalue weighted by Gasteiger charge is -2.08. The van der Waals surface area contributed by atoms with Gasteiger partial charge in [-0.05, 0) is 24.0 Å². The van der Waals surface area contributed by atoms with Crippen LogP contribution in [-0.4, -0.2) is 20.0 Å². The Bertz CT molecular complexity index is 812. The Labute approximate surface area is 137 Å². The fourth-order valence-corrected chi connectivity index (χ4v) is 3.68. The molecule has 0 spiro atoms. The fourth-order valence-electron chi connectivity index (χ4n) is 1.49. The molecule has 0 aliphatic heterocycles. The first-order chi connectivity index (χ1) is 10.6. The lowest BCUT2D eigenvalue weighted by molar-refractivity contribution is -0.400. The first-order valence-electron chi connectivity index (χ1n) is 5.37. The van der Waals surface area contributed by atoms with Gasteiger partial charge >= 0.3 is 6.18 Å². The van der Waals surface area contributed by atoms with Gasteiger partial charge in [-0.15, -0.1) is 0 Å². The van der Waals surface area contributed by atoms with Crippen LogP contribution in [0.4, 0.5) is 24.5 Å². The van der Waals surface area contributed by atoms with Crippen molar-refractivity contribution >= 4 is 46.7 Å². The molecule has 0 aliphatic carbocycles. The summed E-state index contributed by atoms with van der Waals surface area (Å²) in [7, 11) is 0. The van der Waals surface area contributed by atoms with Crippen LogP contribution in [0.5, 0.6) is 0 Å². The topological polar surface area (TPSA) is 115 Å². The number of halogens is 3. The van der Waals surface area contributed by atoms with Crippen LogP contribution in [0.25, 0.3) is 0 Å². The third-order valence-corrected chi connectivity index (χ3v) is 4.65. The van der Waals surface area contributed by atoms with Crippen LogP contribution in [-0.2, 0) is 6.18 Å². The zero-order chi connectivity index (χ0) is 17.4. The molecule has 0 saturated carbocycles. The van der Waals surface area contributed by atoms with Gasteiger partial charge in [-0.2, -0.15) is 18.3 Å². The van der Waals surface area contributed by atoms with Gasteiger partial charge in [0.15, 0.2) is 13.2 Å². The number of nitrogens with one attached hydrogen (secondary N) is 1. The molecule has 0 atom stereocenters. The van der Waals surface area contributed by atoms with E-state index in [0.29, 0.717) is 11.8 Å². The molecule has 23 heavy (non-hydrogen) atoms. The summed E-state index contributed by atoms with van der Waals surface area (Å²) in [6.07, 6.45) is -4.96. The van der Waals surface area contributed by atoms with Gasteiger partial charge in [0.1, 0.15) is 0 Å². The van der Waals surface area contributed by atoms with E-state index in [1.807, 2.05) is 0 Å². The number of hydrogen-bond acceptors (Lipinski definition) is 8. The van der Waals surface area contributed by atoms with E-state index in [9.17, 15) is 33.4 Å². The Balaban J connectivity index is 2.69. The Morgan fingerprint density at radius 1 is 1.22 bits per heavy atom. The quantitative estimate of drug-likeness (QED) is 0.477. The molecule has 1 aromatic carbocycles. The molecule has 0 aliphatic rings. The lowest BCUT2D eigenvalue weighted by Crippen LogP contribution is -2.08. The van der Waals surface area contributed by atoms with E-state index in [1.54, 1.807) is 0 Å². The molecule has 1 N–H and O–H groups in total. The maximum atomic E-state index is 12.8. The van der Waals surface area contributed by atoms with E-state index in [0.717, 1.165) is 11.3 Å². The number of nitrogens with zero attached hydrogens (tertiary/aromatic N) is 3. The standard InChI is InChI=1S/C9H3F3N4O4S3/c10-9(11,12)3-1-4(15(17)18)6(5(2-3)16(19)20)22-8-14-13-7(21)23-8/h1-2H,(H,13,21). The zero-order valence-corrected chi connectivity index (χ0v) is 12.9. The highest BCUT2D eigenvalue weighted by Gasteiger charge is 2.38. The largest absolute Gasteiger partial charge is 0.416 e. The normalized spacial score (nSPS) is 11.4. The van der Waals surface area contributed by atoms with Crippen LogP contribution >= 0.6 is 35.3 Å². The molecule has 1 aromatic heterocycles. The number of benzene rings is 1. The number of H-pyrrole nitrogens is 1. The van der Waals surface area contributed by atoms with E-state index in [1.165, 1.54) is 0 Å². The van der Waals surface area contributed by atoms with Crippen molar-refractivity contribution in [2.24, 2.45) is 0 Å². The van der Waals surface area contributed by atoms with E-state index in [-0.39, 0.29) is 20.4 Å². The van der Waals surface area contributed by atoms with Crippen molar-refractivity contribution in [1.82, 2.24) is 10.2 Å². The summed E-state index contributed by atoms with van der Waals surface area (Å²) in [5.74, 6) is 0. The number of alkyl halides is 3. The average Bonchev–Trinajstić information content (AvgIpc) is 2.82. The molecular formula is C9H3F3N4O4S3. The number of nitro groups is 2. The molecule has 0 bridgehead atoms. The summed E-state index contributed by atoms with van der Waals surface area (Å²) < 4.78 is 38.6. The summed E-state index contributed by atoms with van der Waals surface area (Å²) in [6.45, 7) is 0. The SMILES string of the molecule is O=[N+]([O-])c1cc(C(F)(F)F)cc([N+](=O)[O-])c1Sc1n[nH]c(=S)s1. The van der Waals surface area contributed by atoms with Gasteiger partial charge in [-0.1, -0.05) is 11.3 Å². The van der Waals surface area contributed by atoms with Crippen LogP contribution < -0.4 is 0 Å². The number of nitro benzene ring substituents is 2. The Kier molecular flexibility index (Phi) is 4.67. The zero-order valence-electron chi connectivity index (χ0n) is 10.5. The Morgan fingerprint density at radius 3 is 2.09 bits per heavy atom. The summed E-state index contributed by atoms with van der Waals surface area (Å²) in [6, 6.07) is 0.503. The van der Waals surface area contributed by atoms with E-state index in [4.69, 9.17) is 12.2 Å². The molecule has 8 nitrogen and oxygen atoms in total. The number of aromatic amines is 1. The predicted molar refractivity (Wildman–Crippen MR) is 76.2 cm³/mol. The molecule has 14 heteroatoms. The lowest BCUT2D eigenvalue weighted by atomic mass is 10.1. The molecule has 0 radical (unpaired) electrons. The highest BCUT2D eigenvalue weighted by atomic mass is 32.2. The van der Waals surface area contributed by atoms with Crippen LogP contribution in [0.3, 0.4) is 0 Å². The summed E-state index contributed by atoms with van der Waals surface area (Å²) in [5.41, 5.74) is -3.54.